The molecular formula is C12H13NO. The van der Waals surface area contributed by atoms with Gasteiger partial charge >= 0.3 is 0 Å². The average Bonchev–Trinajstić information content (AvgIpc) is 2.20. The zero-order valence-corrected chi connectivity index (χ0v) is 8.18. The highest BCUT2D eigenvalue weighted by Gasteiger charge is 1.95. The molecule has 0 spiro atoms. The van der Waals surface area contributed by atoms with E-state index in [-0.39, 0.29) is 0 Å². The van der Waals surface area contributed by atoms with E-state index < -0.39 is 0 Å². The van der Waals surface area contributed by atoms with Crippen LogP contribution in [0.25, 0.3) is 0 Å². The lowest BCUT2D eigenvalue weighted by Gasteiger charge is -2.03. The van der Waals surface area contributed by atoms with Gasteiger partial charge in [-0.3, -0.25) is 0 Å². The Morgan fingerprint density at radius 3 is 2.64 bits per heavy atom. The molecule has 0 amide bonds. The summed E-state index contributed by atoms with van der Waals surface area (Å²) >= 11 is 0. The molecule has 1 aromatic rings. The zero-order chi connectivity index (χ0) is 10.2. The Balaban J connectivity index is 2.75. The summed E-state index contributed by atoms with van der Waals surface area (Å²) in [4.78, 5) is 3.98. The van der Waals surface area contributed by atoms with Crippen LogP contribution in [0.4, 0.5) is 0 Å². The quantitative estimate of drug-likeness (QED) is 0.526. The summed E-state index contributed by atoms with van der Waals surface area (Å²) in [6.45, 7) is 5.43. The Hall–Kier alpha value is -1.83. The van der Waals surface area contributed by atoms with Crippen molar-refractivity contribution in [2.24, 2.45) is 4.99 Å². The lowest BCUT2D eigenvalue weighted by atomic mass is 10.3. The summed E-state index contributed by atoms with van der Waals surface area (Å²) < 4.78 is 5.49. The van der Waals surface area contributed by atoms with Gasteiger partial charge in [0.15, 0.2) is 0 Å². The highest BCUT2D eigenvalue weighted by molar-refractivity contribution is 5.89. The molecule has 1 aromatic carbocycles. The topological polar surface area (TPSA) is 21.6 Å². The largest absolute Gasteiger partial charge is 0.439 e. The maximum absolute atomic E-state index is 5.49. The van der Waals surface area contributed by atoms with Crippen LogP contribution in [0.15, 0.2) is 60.3 Å². The Labute approximate surface area is 84.3 Å². The molecule has 0 aliphatic heterocycles. The van der Waals surface area contributed by atoms with Gasteiger partial charge in [0, 0.05) is 6.20 Å². The molecule has 0 aliphatic carbocycles. The molecule has 2 heteroatoms. The predicted molar refractivity (Wildman–Crippen MR) is 59.5 cm³/mol. The second-order valence-electron chi connectivity index (χ2n) is 2.57. The molecular weight excluding hydrogens is 174 g/mol. The van der Waals surface area contributed by atoms with Crippen LogP contribution in [0.2, 0.25) is 0 Å². The smallest absolute Gasteiger partial charge is 0.218 e. The molecule has 72 valence electrons. The minimum Gasteiger partial charge on any atom is -0.439 e. The summed E-state index contributed by atoms with van der Waals surface area (Å²) in [6, 6.07) is 9.52. The molecule has 1 rings (SSSR count). The summed E-state index contributed by atoms with van der Waals surface area (Å²) in [5, 5.41) is 0. The lowest BCUT2D eigenvalue weighted by molar-refractivity contribution is 0.555. The Kier molecular flexibility index (Phi) is 4.21. The second kappa shape index (κ2) is 5.75. The van der Waals surface area contributed by atoms with Crippen LogP contribution < -0.4 is 4.74 Å². The molecule has 0 atom stereocenters. The van der Waals surface area contributed by atoms with E-state index >= 15 is 0 Å². The molecule has 0 unspecified atom stereocenters. The van der Waals surface area contributed by atoms with E-state index in [0.717, 1.165) is 5.75 Å². The van der Waals surface area contributed by atoms with Gasteiger partial charge in [0.25, 0.3) is 0 Å². The van der Waals surface area contributed by atoms with Crippen molar-refractivity contribution >= 4 is 5.90 Å². The molecule has 0 aliphatic rings. The van der Waals surface area contributed by atoms with E-state index in [2.05, 4.69) is 11.6 Å². The van der Waals surface area contributed by atoms with Crippen LogP contribution in [-0.2, 0) is 0 Å². The molecule has 0 N–H and O–H groups in total. The Bertz CT molecular complexity index is 339. The van der Waals surface area contributed by atoms with Gasteiger partial charge in [0.2, 0.25) is 5.90 Å². The van der Waals surface area contributed by atoms with E-state index in [1.807, 2.05) is 43.3 Å². The number of hydrogen-bond acceptors (Lipinski definition) is 2. The van der Waals surface area contributed by atoms with Crippen molar-refractivity contribution in [1.82, 2.24) is 0 Å². The Morgan fingerprint density at radius 2 is 2.07 bits per heavy atom. The zero-order valence-electron chi connectivity index (χ0n) is 8.18. The number of aliphatic imine (C=N–C) groups is 1. The van der Waals surface area contributed by atoms with Gasteiger partial charge in [-0.15, -0.1) is 0 Å². The number of nitrogens with zero attached hydrogens (tertiary/aromatic N) is 1. The standard InChI is InChI=1S/C12H13NO/c1-3-8-12(13-4-2)14-11-9-6-5-7-10-11/h3-10H,2H2,1H3/b8-3-,13-12?. The fourth-order valence-electron chi connectivity index (χ4n) is 0.945. The summed E-state index contributed by atoms with van der Waals surface area (Å²) in [7, 11) is 0. The maximum Gasteiger partial charge on any atom is 0.218 e. The van der Waals surface area contributed by atoms with Gasteiger partial charge in [-0.05, 0) is 25.1 Å². The van der Waals surface area contributed by atoms with Gasteiger partial charge in [0.1, 0.15) is 5.75 Å². The molecule has 0 radical (unpaired) electrons. The van der Waals surface area contributed by atoms with Gasteiger partial charge in [-0.2, -0.15) is 0 Å². The van der Waals surface area contributed by atoms with Crippen molar-refractivity contribution in [3.8, 4) is 5.75 Å². The van der Waals surface area contributed by atoms with Crippen LogP contribution in [0.5, 0.6) is 5.75 Å². The minimum absolute atomic E-state index is 0.536. The fraction of sp³-hybridized carbons (Fsp3) is 0.0833. The molecule has 0 saturated carbocycles. The Morgan fingerprint density at radius 1 is 1.36 bits per heavy atom. The van der Waals surface area contributed by atoms with Crippen LogP contribution in [-0.4, -0.2) is 5.90 Å². The third kappa shape index (κ3) is 3.27. The molecule has 2 nitrogen and oxygen atoms in total. The first-order valence-electron chi connectivity index (χ1n) is 4.41. The second-order valence-corrected chi connectivity index (χ2v) is 2.57. The molecule has 14 heavy (non-hydrogen) atoms. The number of benzene rings is 1. The van der Waals surface area contributed by atoms with E-state index in [0.29, 0.717) is 5.90 Å². The first-order chi connectivity index (χ1) is 6.86. The van der Waals surface area contributed by atoms with Crippen LogP contribution in [0.3, 0.4) is 0 Å². The van der Waals surface area contributed by atoms with Crippen LogP contribution >= 0.6 is 0 Å². The number of allylic oxidation sites excluding steroid dienone is 1. The number of hydrogen-bond donors (Lipinski definition) is 0. The molecule has 0 fully saturated rings. The molecule has 0 heterocycles. The monoisotopic (exact) mass is 187 g/mol. The van der Waals surface area contributed by atoms with Gasteiger partial charge in [-0.1, -0.05) is 30.9 Å². The number of para-hydroxylation sites is 1. The minimum atomic E-state index is 0.536. The third-order valence-electron chi connectivity index (χ3n) is 1.49. The highest BCUT2D eigenvalue weighted by Crippen LogP contribution is 2.09. The van der Waals surface area contributed by atoms with E-state index in [4.69, 9.17) is 4.74 Å². The van der Waals surface area contributed by atoms with Crippen LogP contribution in [0.1, 0.15) is 6.92 Å². The average molecular weight is 187 g/mol. The van der Waals surface area contributed by atoms with Gasteiger partial charge < -0.3 is 4.74 Å². The first kappa shape index (κ1) is 10.3. The summed E-state index contributed by atoms with van der Waals surface area (Å²) in [5.41, 5.74) is 0. The van der Waals surface area contributed by atoms with E-state index in [9.17, 15) is 0 Å². The fourth-order valence-corrected chi connectivity index (χ4v) is 0.945. The van der Waals surface area contributed by atoms with Crippen molar-refractivity contribution in [2.45, 2.75) is 6.92 Å². The van der Waals surface area contributed by atoms with E-state index in [1.165, 1.54) is 6.20 Å². The molecule has 0 aromatic heterocycles. The SMILES string of the molecule is C=CN=C(/C=C\C)Oc1ccccc1. The van der Waals surface area contributed by atoms with E-state index in [1.54, 1.807) is 6.08 Å². The van der Waals surface area contributed by atoms with Crippen molar-refractivity contribution < 1.29 is 4.74 Å². The normalized spacial score (nSPS) is 11.6. The van der Waals surface area contributed by atoms with Crippen molar-refractivity contribution in [2.75, 3.05) is 0 Å². The molecule has 0 bridgehead atoms. The summed E-state index contributed by atoms with van der Waals surface area (Å²) in [5.74, 6) is 1.31. The first-order valence-corrected chi connectivity index (χ1v) is 4.41. The van der Waals surface area contributed by atoms with Gasteiger partial charge in [0.05, 0.1) is 0 Å². The van der Waals surface area contributed by atoms with Crippen molar-refractivity contribution in [1.29, 1.82) is 0 Å². The maximum atomic E-state index is 5.49. The lowest BCUT2D eigenvalue weighted by Crippen LogP contribution is -2.03. The van der Waals surface area contributed by atoms with Crippen molar-refractivity contribution in [3.63, 3.8) is 0 Å². The number of rotatable bonds is 3. The third-order valence-corrected chi connectivity index (χ3v) is 1.49. The van der Waals surface area contributed by atoms with Crippen molar-refractivity contribution in [3.05, 3.63) is 55.3 Å². The summed E-state index contributed by atoms with van der Waals surface area (Å²) in [6.07, 6.45) is 5.11. The van der Waals surface area contributed by atoms with Crippen LogP contribution in [0, 0.1) is 0 Å². The highest BCUT2D eigenvalue weighted by atomic mass is 16.5. The van der Waals surface area contributed by atoms with Gasteiger partial charge in [-0.25, -0.2) is 4.99 Å². The number of ether oxygens (including phenoxy) is 1. The predicted octanol–water partition coefficient (Wildman–Crippen LogP) is 3.18. The molecule has 0 saturated heterocycles.